The number of aromatic nitrogens is 1. The van der Waals surface area contributed by atoms with Crippen molar-refractivity contribution in [2.24, 2.45) is 0 Å². The van der Waals surface area contributed by atoms with Gasteiger partial charge in [-0.15, -0.1) is 0 Å². The molecule has 4 rings (SSSR count). The summed E-state index contributed by atoms with van der Waals surface area (Å²) in [5.74, 6) is -1.20. The number of ether oxygens (including phenoxy) is 1. The van der Waals surface area contributed by atoms with Crippen molar-refractivity contribution in [2.75, 3.05) is 11.9 Å². The predicted molar refractivity (Wildman–Crippen MR) is 114 cm³/mol. The Hall–Kier alpha value is -3.78. The third kappa shape index (κ3) is 3.72. The van der Waals surface area contributed by atoms with Gasteiger partial charge in [0, 0.05) is 5.56 Å². The topological polar surface area (TPSA) is 98.5 Å². The zero-order valence-corrected chi connectivity index (χ0v) is 16.7. The van der Waals surface area contributed by atoms with E-state index in [2.05, 4.69) is 10.3 Å². The van der Waals surface area contributed by atoms with E-state index in [0.29, 0.717) is 22.2 Å². The number of amides is 1. The van der Waals surface area contributed by atoms with Gasteiger partial charge in [-0.1, -0.05) is 53.8 Å². The highest BCUT2D eigenvalue weighted by molar-refractivity contribution is 7.18. The normalized spacial score (nSPS) is 10.7. The van der Waals surface area contributed by atoms with Gasteiger partial charge in [-0.2, -0.15) is 0 Å². The molecular formula is C22H16N2O5S. The van der Waals surface area contributed by atoms with E-state index in [1.54, 1.807) is 43.3 Å². The van der Waals surface area contributed by atoms with Crippen LogP contribution in [0.15, 0.2) is 70.1 Å². The molecule has 1 N–H and O–H groups in total. The van der Waals surface area contributed by atoms with Crippen LogP contribution in [-0.2, 0) is 4.74 Å². The fourth-order valence-electron chi connectivity index (χ4n) is 2.90. The number of nitrogens with one attached hydrogen (secondary N) is 1. The molecule has 0 aliphatic heterocycles. The number of hydrogen-bond acceptors (Lipinski definition) is 7. The maximum Gasteiger partial charge on any atom is 0.350 e. The second kappa shape index (κ2) is 8.30. The molecule has 0 radical (unpaired) electrons. The van der Waals surface area contributed by atoms with E-state index in [1.165, 1.54) is 0 Å². The highest BCUT2D eigenvalue weighted by Gasteiger charge is 2.23. The molecule has 2 aromatic heterocycles. The molecule has 0 fully saturated rings. The summed E-state index contributed by atoms with van der Waals surface area (Å²) < 4.78 is 10.5. The molecule has 4 aromatic rings. The second-order valence-electron chi connectivity index (χ2n) is 6.21. The highest BCUT2D eigenvalue weighted by Crippen LogP contribution is 2.32. The van der Waals surface area contributed by atoms with Crippen molar-refractivity contribution in [1.82, 2.24) is 4.98 Å². The van der Waals surface area contributed by atoms with Gasteiger partial charge in [0.25, 0.3) is 5.91 Å². The lowest BCUT2D eigenvalue weighted by molar-refractivity contribution is 0.0532. The van der Waals surface area contributed by atoms with Gasteiger partial charge in [-0.3, -0.25) is 14.9 Å². The smallest absolute Gasteiger partial charge is 0.350 e. The van der Waals surface area contributed by atoms with Crippen LogP contribution in [0.2, 0.25) is 0 Å². The van der Waals surface area contributed by atoms with E-state index in [0.717, 1.165) is 17.6 Å². The quantitative estimate of drug-likeness (QED) is 0.482. The first-order valence-corrected chi connectivity index (χ1v) is 9.95. The minimum absolute atomic E-state index is 0.150. The molecule has 0 spiro atoms. The molecule has 7 nitrogen and oxygen atoms in total. The lowest BCUT2D eigenvalue weighted by Gasteiger charge is -2.02. The first-order valence-electron chi connectivity index (χ1n) is 9.13. The summed E-state index contributed by atoms with van der Waals surface area (Å²) >= 11 is 0.985. The molecule has 0 unspecified atom stereocenters. The Bertz CT molecular complexity index is 1290. The number of rotatable bonds is 5. The van der Waals surface area contributed by atoms with Crippen molar-refractivity contribution in [2.45, 2.75) is 6.92 Å². The summed E-state index contributed by atoms with van der Waals surface area (Å²) in [5, 5.41) is 3.07. The maximum atomic E-state index is 12.7. The highest BCUT2D eigenvalue weighted by atomic mass is 32.1. The van der Waals surface area contributed by atoms with Crippen LogP contribution >= 0.6 is 11.3 Å². The van der Waals surface area contributed by atoms with Gasteiger partial charge in [0.1, 0.15) is 22.3 Å². The van der Waals surface area contributed by atoms with Gasteiger partial charge >= 0.3 is 5.97 Å². The van der Waals surface area contributed by atoms with Crippen molar-refractivity contribution in [1.29, 1.82) is 0 Å². The molecule has 2 heterocycles. The Morgan fingerprint density at radius 2 is 1.83 bits per heavy atom. The fraction of sp³-hybridized carbons (Fsp3) is 0.0909. The minimum atomic E-state index is -0.668. The Labute approximate surface area is 174 Å². The summed E-state index contributed by atoms with van der Waals surface area (Å²) in [6.45, 7) is 1.92. The van der Waals surface area contributed by atoms with Gasteiger partial charge in [-0.25, -0.2) is 9.78 Å². The summed E-state index contributed by atoms with van der Waals surface area (Å²) in [7, 11) is 0. The molecule has 8 heteroatoms. The van der Waals surface area contributed by atoms with Crippen LogP contribution in [-0.4, -0.2) is 23.5 Å². The van der Waals surface area contributed by atoms with E-state index < -0.39 is 17.3 Å². The summed E-state index contributed by atoms with van der Waals surface area (Å²) in [5.41, 5.74) is 0.911. The van der Waals surface area contributed by atoms with E-state index >= 15 is 0 Å². The van der Waals surface area contributed by atoms with Crippen LogP contribution in [0, 0.1) is 0 Å². The van der Waals surface area contributed by atoms with Crippen LogP contribution in [0.5, 0.6) is 0 Å². The van der Waals surface area contributed by atoms with Crippen molar-refractivity contribution in [3.63, 3.8) is 0 Å². The lowest BCUT2D eigenvalue weighted by Crippen LogP contribution is -2.21. The van der Waals surface area contributed by atoms with Crippen molar-refractivity contribution < 1.29 is 18.7 Å². The van der Waals surface area contributed by atoms with Crippen LogP contribution in [0.25, 0.3) is 22.2 Å². The first kappa shape index (κ1) is 19.5. The molecule has 0 bridgehead atoms. The van der Waals surface area contributed by atoms with Crippen LogP contribution < -0.4 is 10.7 Å². The van der Waals surface area contributed by atoms with Crippen LogP contribution in [0.4, 0.5) is 5.13 Å². The molecule has 0 saturated heterocycles. The molecule has 2 aromatic carbocycles. The van der Waals surface area contributed by atoms with Crippen LogP contribution in [0.3, 0.4) is 0 Å². The number of thiazole rings is 1. The molecule has 1 amide bonds. The SMILES string of the molecule is CCOC(=O)c1sc(NC(=O)c2coc3ccccc3c2=O)nc1-c1ccccc1. The van der Waals surface area contributed by atoms with E-state index in [4.69, 9.17) is 9.15 Å². The monoisotopic (exact) mass is 420 g/mol. The minimum Gasteiger partial charge on any atom is -0.463 e. The number of fused-ring (bicyclic) bond motifs is 1. The number of nitrogens with zero attached hydrogens (tertiary/aromatic N) is 1. The number of carbonyl (C=O) groups excluding carboxylic acids is 2. The van der Waals surface area contributed by atoms with E-state index in [1.807, 2.05) is 18.2 Å². The van der Waals surface area contributed by atoms with E-state index in [-0.39, 0.29) is 22.2 Å². The zero-order chi connectivity index (χ0) is 21.1. The predicted octanol–water partition coefficient (Wildman–Crippen LogP) is 4.35. The number of benzene rings is 2. The summed E-state index contributed by atoms with van der Waals surface area (Å²) in [4.78, 5) is 42.4. The van der Waals surface area contributed by atoms with Crippen molar-refractivity contribution in [3.05, 3.63) is 81.5 Å². The molecule has 30 heavy (non-hydrogen) atoms. The largest absolute Gasteiger partial charge is 0.463 e. The molecule has 0 saturated carbocycles. The summed E-state index contributed by atoms with van der Waals surface area (Å²) in [6, 6.07) is 15.8. The molecule has 0 aliphatic carbocycles. The van der Waals surface area contributed by atoms with Crippen LogP contribution in [0.1, 0.15) is 27.0 Å². The molecule has 150 valence electrons. The summed E-state index contributed by atoms with van der Waals surface area (Å²) in [6.07, 6.45) is 1.12. The zero-order valence-electron chi connectivity index (χ0n) is 15.9. The number of carbonyl (C=O) groups is 2. The van der Waals surface area contributed by atoms with Gasteiger partial charge in [0.05, 0.1) is 17.7 Å². The van der Waals surface area contributed by atoms with Crippen molar-refractivity contribution in [3.8, 4) is 11.3 Å². The van der Waals surface area contributed by atoms with Gasteiger partial charge in [0.2, 0.25) is 5.43 Å². The Morgan fingerprint density at radius 1 is 1.10 bits per heavy atom. The average Bonchev–Trinajstić information content (AvgIpc) is 3.19. The Morgan fingerprint density at radius 3 is 2.60 bits per heavy atom. The number of hydrogen-bond donors (Lipinski definition) is 1. The Kier molecular flexibility index (Phi) is 5.40. The van der Waals surface area contributed by atoms with Gasteiger partial charge < -0.3 is 9.15 Å². The third-order valence-electron chi connectivity index (χ3n) is 4.28. The third-order valence-corrected chi connectivity index (χ3v) is 5.23. The fourth-order valence-corrected chi connectivity index (χ4v) is 3.78. The number of anilines is 1. The van der Waals surface area contributed by atoms with E-state index in [9.17, 15) is 14.4 Å². The number of esters is 1. The van der Waals surface area contributed by atoms with Gasteiger partial charge in [0.15, 0.2) is 5.13 Å². The lowest BCUT2D eigenvalue weighted by atomic mass is 10.1. The molecular weight excluding hydrogens is 404 g/mol. The first-order chi connectivity index (χ1) is 14.6. The number of para-hydroxylation sites is 1. The second-order valence-corrected chi connectivity index (χ2v) is 7.21. The Balaban J connectivity index is 1.70. The maximum absolute atomic E-state index is 12.7. The average molecular weight is 420 g/mol. The standard InChI is InChI=1S/C22H16N2O5S/c1-2-28-21(27)19-17(13-8-4-3-5-9-13)23-22(30-19)24-20(26)15-12-29-16-11-7-6-10-14(16)18(15)25/h3-12H,2H2,1H3,(H,23,24,26). The van der Waals surface area contributed by atoms with Crippen molar-refractivity contribution >= 4 is 39.3 Å². The molecule has 0 atom stereocenters. The molecule has 0 aliphatic rings. The van der Waals surface area contributed by atoms with Gasteiger partial charge in [-0.05, 0) is 19.1 Å².